The molecule has 2 aromatic rings. The number of halogens is 2. The molecule has 0 amide bonds. The average molecular weight is 392 g/mol. The SMILES string of the molecule is Fc1cccc(CN2CCN(Cc3cccc(F)c3)CC2)c1.O=C(O)C(=O)O. The minimum atomic E-state index is -1.82. The van der Waals surface area contributed by atoms with Gasteiger partial charge in [-0.3, -0.25) is 9.80 Å². The molecule has 1 aliphatic heterocycles. The van der Waals surface area contributed by atoms with Gasteiger partial charge in [0.05, 0.1) is 0 Å². The van der Waals surface area contributed by atoms with Gasteiger partial charge in [0.2, 0.25) is 0 Å². The lowest BCUT2D eigenvalue weighted by atomic mass is 10.1. The number of benzene rings is 2. The molecule has 0 atom stereocenters. The van der Waals surface area contributed by atoms with Crippen LogP contribution in [0.1, 0.15) is 11.1 Å². The summed E-state index contributed by atoms with van der Waals surface area (Å²) in [6.45, 7) is 5.37. The number of carboxylic acids is 2. The van der Waals surface area contributed by atoms with Crippen LogP contribution in [0.3, 0.4) is 0 Å². The van der Waals surface area contributed by atoms with Crippen molar-refractivity contribution in [2.75, 3.05) is 26.2 Å². The van der Waals surface area contributed by atoms with Crippen LogP contribution in [0.2, 0.25) is 0 Å². The van der Waals surface area contributed by atoms with E-state index in [1.807, 2.05) is 12.1 Å². The smallest absolute Gasteiger partial charge is 0.414 e. The fourth-order valence-electron chi connectivity index (χ4n) is 2.89. The third-order valence-electron chi connectivity index (χ3n) is 4.24. The van der Waals surface area contributed by atoms with Gasteiger partial charge in [-0.2, -0.15) is 0 Å². The van der Waals surface area contributed by atoms with Crippen molar-refractivity contribution < 1.29 is 28.6 Å². The van der Waals surface area contributed by atoms with E-state index in [0.717, 1.165) is 50.4 Å². The molecular weight excluding hydrogens is 370 g/mol. The zero-order chi connectivity index (χ0) is 20.5. The standard InChI is InChI=1S/C18H20F2N2.C2H2O4/c19-17-5-1-3-15(11-17)13-21-7-9-22(10-8-21)14-16-4-2-6-18(20)12-16;3-1(4)2(5)6/h1-6,11-12H,7-10,13-14H2;(H,3,4)(H,5,6). The molecule has 0 unspecified atom stereocenters. The van der Waals surface area contributed by atoms with Crippen molar-refractivity contribution in [3.8, 4) is 0 Å². The van der Waals surface area contributed by atoms with E-state index in [9.17, 15) is 8.78 Å². The summed E-state index contributed by atoms with van der Waals surface area (Å²) in [5.41, 5.74) is 2.03. The Hall–Kier alpha value is -2.84. The van der Waals surface area contributed by atoms with Gasteiger partial charge in [-0.25, -0.2) is 18.4 Å². The molecule has 6 nitrogen and oxygen atoms in total. The Morgan fingerprint density at radius 3 is 1.39 bits per heavy atom. The van der Waals surface area contributed by atoms with Crippen molar-refractivity contribution >= 4 is 11.9 Å². The Morgan fingerprint density at radius 2 is 1.11 bits per heavy atom. The summed E-state index contributed by atoms with van der Waals surface area (Å²) in [7, 11) is 0. The van der Waals surface area contributed by atoms with Crippen LogP contribution in [0.5, 0.6) is 0 Å². The number of hydrogen-bond acceptors (Lipinski definition) is 4. The molecule has 1 aliphatic rings. The highest BCUT2D eigenvalue weighted by Crippen LogP contribution is 2.13. The van der Waals surface area contributed by atoms with Crippen LogP contribution >= 0.6 is 0 Å². The van der Waals surface area contributed by atoms with E-state index in [1.54, 1.807) is 24.3 Å². The largest absolute Gasteiger partial charge is 0.473 e. The van der Waals surface area contributed by atoms with Crippen molar-refractivity contribution in [1.29, 1.82) is 0 Å². The highest BCUT2D eigenvalue weighted by molar-refractivity contribution is 6.27. The Labute approximate surface area is 161 Å². The van der Waals surface area contributed by atoms with E-state index in [2.05, 4.69) is 9.80 Å². The molecule has 0 aliphatic carbocycles. The first-order chi connectivity index (χ1) is 13.3. The second kappa shape index (κ2) is 10.5. The van der Waals surface area contributed by atoms with Gasteiger partial charge < -0.3 is 10.2 Å². The topological polar surface area (TPSA) is 81.1 Å². The van der Waals surface area contributed by atoms with Crippen molar-refractivity contribution in [1.82, 2.24) is 9.80 Å². The molecule has 8 heteroatoms. The molecule has 2 aromatic carbocycles. The molecule has 1 fully saturated rings. The predicted molar refractivity (Wildman–Crippen MR) is 98.6 cm³/mol. The number of aliphatic carboxylic acids is 2. The van der Waals surface area contributed by atoms with E-state index in [0.29, 0.717) is 0 Å². The molecule has 0 bridgehead atoms. The van der Waals surface area contributed by atoms with E-state index in [1.165, 1.54) is 12.1 Å². The minimum absolute atomic E-state index is 0.178. The number of carbonyl (C=O) groups is 2. The van der Waals surface area contributed by atoms with Crippen molar-refractivity contribution in [2.45, 2.75) is 13.1 Å². The third-order valence-corrected chi connectivity index (χ3v) is 4.24. The number of nitrogens with zero attached hydrogens (tertiary/aromatic N) is 2. The van der Waals surface area contributed by atoms with Crippen LogP contribution in [-0.2, 0) is 22.7 Å². The molecule has 0 spiro atoms. The fourth-order valence-corrected chi connectivity index (χ4v) is 2.89. The van der Waals surface area contributed by atoms with Gasteiger partial charge in [0.15, 0.2) is 0 Å². The van der Waals surface area contributed by atoms with Gasteiger partial charge in [-0.15, -0.1) is 0 Å². The summed E-state index contributed by atoms with van der Waals surface area (Å²) < 4.78 is 26.4. The first-order valence-electron chi connectivity index (χ1n) is 8.73. The summed E-state index contributed by atoms with van der Waals surface area (Å²) in [6.07, 6.45) is 0. The number of piperazine rings is 1. The van der Waals surface area contributed by atoms with E-state index in [4.69, 9.17) is 19.8 Å². The zero-order valence-electron chi connectivity index (χ0n) is 15.2. The Bertz CT molecular complexity index is 741. The van der Waals surface area contributed by atoms with Crippen LogP contribution in [0.15, 0.2) is 48.5 Å². The number of rotatable bonds is 4. The fraction of sp³-hybridized carbons (Fsp3) is 0.300. The molecule has 3 rings (SSSR count). The lowest BCUT2D eigenvalue weighted by molar-refractivity contribution is -0.159. The Balaban J connectivity index is 0.000000409. The Kier molecular flexibility index (Phi) is 8.03. The lowest BCUT2D eigenvalue weighted by Gasteiger charge is -2.34. The second-order valence-electron chi connectivity index (χ2n) is 6.42. The summed E-state index contributed by atoms with van der Waals surface area (Å²) in [4.78, 5) is 22.9. The summed E-state index contributed by atoms with van der Waals surface area (Å²) >= 11 is 0. The third kappa shape index (κ3) is 7.42. The normalized spacial score (nSPS) is 14.8. The maximum Gasteiger partial charge on any atom is 0.414 e. The molecule has 0 radical (unpaired) electrons. The molecular formula is C20H22F2N2O4. The second-order valence-corrected chi connectivity index (χ2v) is 6.42. The van der Waals surface area contributed by atoms with E-state index in [-0.39, 0.29) is 11.6 Å². The van der Waals surface area contributed by atoms with Crippen LogP contribution in [0, 0.1) is 11.6 Å². The van der Waals surface area contributed by atoms with E-state index >= 15 is 0 Å². The molecule has 0 aromatic heterocycles. The summed E-state index contributed by atoms with van der Waals surface area (Å²) in [6, 6.07) is 13.6. The summed E-state index contributed by atoms with van der Waals surface area (Å²) in [5.74, 6) is -4.01. The summed E-state index contributed by atoms with van der Waals surface area (Å²) in [5, 5.41) is 14.8. The quantitative estimate of drug-likeness (QED) is 0.778. The van der Waals surface area contributed by atoms with Crippen LogP contribution < -0.4 is 0 Å². The average Bonchev–Trinajstić information content (AvgIpc) is 2.64. The van der Waals surface area contributed by atoms with Gasteiger partial charge in [0, 0.05) is 39.3 Å². The van der Waals surface area contributed by atoms with Gasteiger partial charge in [-0.05, 0) is 35.4 Å². The van der Waals surface area contributed by atoms with Crippen LogP contribution in [-0.4, -0.2) is 58.1 Å². The monoisotopic (exact) mass is 392 g/mol. The lowest BCUT2D eigenvalue weighted by Crippen LogP contribution is -2.45. The van der Waals surface area contributed by atoms with Crippen LogP contribution in [0.25, 0.3) is 0 Å². The van der Waals surface area contributed by atoms with Crippen molar-refractivity contribution in [3.63, 3.8) is 0 Å². The maximum absolute atomic E-state index is 13.2. The van der Waals surface area contributed by atoms with Crippen molar-refractivity contribution in [2.24, 2.45) is 0 Å². The molecule has 1 saturated heterocycles. The number of carboxylic acid groups (broad SMARTS) is 2. The zero-order valence-corrected chi connectivity index (χ0v) is 15.2. The molecule has 150 valence electrons. The Morgan fingerprint density at radius 1 is 0.750 bits per heavy atom. The number of hydrogen-bond donors (Lipinski definition) is 2. The minimum Gasteiger partial charge on any atom is -0.473 e. The maximum atomic E-state index is 13.2. The highest BCUT2D eigenvalue weighted by Gasteiger charge is 2.17. The molecule has 28 heavy (non-hydrogen) atoms. The first-order valence-corrected chi connectivity index (χ1v) is 8.73. The molecule has 0 saturated carbocycles. The molecule has 1 heterocycles. The van der Waals surface area contributed by atoms with E-state index < -0.39 is 11.9 Å². The van der Waals surface area contributed by atoms with Gasteiger partial charge >= 0.3 is 11.9 Å². The van der Waals surface area contributed by atoms with Gasteiger partial charge in [0.1, 0.15) is 11.6 Å². The highest BCUT2D eigenvalue weighted by atomic mass is 19.1. The van der Waals surface area contributed by atoms with Gasteiger partial charge in [0.25, 0.3) is 0 Å². The van der Waals surface area contributed by atoms with Crippen LogP contribution in [0.4, 0.5) is 8.78 Å². The van der Waals surface area contributed by atoms with Gasteiger partial charge in [-0.1, -0.05) is 24.3 Å². The van der Waals surface area contributed by atoms with Crippen molar-refractivity contribution in [3.05, 3.63) is 71.3 Å². The first kappa shape index (κ1) is 21.5. The predicted octanol–water partition coefficient (Wildman–Crippen LogP) is 2.44. The molecule has 2 N–H and O–H groups in total.